The first-order valence-corrected chi connectivity index (χ1v) is 8.48. The fourth-order valence-corrected chi connectivity index (χ4v) is 3.74. The molecule has 5 rings (SSSR count). The molecule has 0 fully saturated rings. The number of fused-ring (bicyclic) bond motifs is 4. The van der Waals surface area contributed by atoms with Gasteiger partial charge in [0.25, 0.3) is 0 Å². The predicted octanol–water partition coefficient (Wildman–Crippen LogP) is 5.28. The van der Waals surface area contributed by atoms with Crippen LogP contribution in [0.1, 0.15) is 0 Å². The maximum absolute atomic E-state index is 10.7. The van der Waals surface area contributed by atoms with Gasteiger partial charge in [0.1, 0.15) is 0 Å². The second-order valence-electron chi connectivity index (χ2n) is 6.24. The molecule has 0 saturated heterocycles. The number of aromatic nitrogens is 1. The van der Waals surface area contributed by atoms with E-state index in [4.69, 9.17) is 4.65 Å². The van der Waals surface area contributed by atoms with Gasteiger partial charge in [0.2, 0.25) is 0 Å². The van der Waals surface area contributed by atoms with Crippen LogP contribution in [0.3, 0.4) is 0 Å². The normalized spacial score (nSPS) is 11.1. The molecular formula is C22H14BNO2. The Hall–Kier alpha value is -3.40. The van der Waals surface area contributed by atoms with Crippen molar-refractivity contribution in [2.45, 2.75) is 0 Å². The Kier molecular flexibility index (Phi) is 3.35. The Morgan fingerprint density at radius 2 is 1.42 bits per heavy atom. The summed E-state index contributed by atoms with van der Waals surface area (Å²) in [7, 11) is 0.463. The minimum atomic E-state index is 0.463. The molecule has 0 N–H and O–H groups in total. The molecule has 0 aliphatic rings. The fourth-order valence-electron chi connectivity index (χ4n) is 3.74. The zero-order chi connectivity index (χ0) is 17.5. The van der Waals surface area contributed by atoms with Crippen molar-refractivity contribution in [3.05, 3.63) is 84.9 Å². The molecule has 3 nitrogen and oxygen atoms in total. The van der Waals surface area contributed by atoms with Crippen LogP contribution < -0.4 is 4.65 Å². The molecule has 0 unspecified atom stereocenters. The Morgan fingerprint density at radius 3 is 2.31 bits per heavy atom. The first kappa shape index (κ1) is 14.9. The topological polar surface area (TPSA) is 31.2 Å². The van der Waals surface area contributed by atoms with E-state index in [2.05, 4.69) is 59.2 Å². The summed E-state index contributed by atoms with van der Waals surface area (Å²) >= 11 is 0. The van der Waals surface area contributed by atoms with Crippen LogP contribution in [0.5, 0.6) is 5.75 Å². The molecule has 122 valence electrons. The van der Waals surface area contributed by atoms with E-state index in [0.29, 0.717) is 13.1 Å². The summed E-state index contributed by atoms with van der Waals surface area (Å²) in [6.45, 7) is 0. The van der Waals surface area contributed by atoms with Crippen molar-refractivity contribution in [2.75, 3.05) is 0 Å². The number of benzene rings is 4. The maximum atomic E-state index is 10.7. The van der Waals surface area contributed by atoms with Crippen LogP contribution in [0.25, 0.3) is 38.3 Å². The number of nitrogens with zero attached hydrogens (tertiary/aromatic N) is 1. The van der Waals surface area contributed by atoms with Crippen LogP contribution in [0.15, 0.2) is 84.9 Å². The average Bonchev–Trinajstić information content (AvgIpc) is 3.02. The first-order chi connectivity index (χ1) is 12.9. The molecule has 0 aliphatic heterocycles. The van der Waals surface area contributed by atoms with Crippen molar-refractivity contribution in [3.8, 4) is 11.4 Å². The Morgan fingerprint density at radius 1 is 0.692 bits per heavy atom. The second-order valence-corrected chi connectivity index (χ2v) is 6.24. The van der Waals surface area contributed by atoms with Crippen LogP contribution in [0, 0.1) is 0 Å². The molecule has 26 heavy (non-hydrogen) atoms. The summed E-state index contributed by atoms with van der Waals surface area (Å²) in [5, 5.41) is 4.60. The first-order valence-electron chi connectivity index (χ1n) is 8.48. The molecule has 0 saturated carbocycles. The third-order valence-electron chi connectivity index (χ3n) is 4.84. The Bertz CT molecular complexity index is 1280. The van der Waals surface area contributed by atoms with Crippen molar-refractivity contribution in [1.29, 1.82) is 0 Å². The SMILES string of the molecule is O=BOc1ccc2c(c1)c1ccccc1n2-c1cccc2ccccc12. The monoisotopic (exact) mass is 335 g/mol. The molecule has 0 atom stereocenters. The van der Waals surface area contributed by atoms with Gasteiger partial charge in [0.05, 0.1) is 0 Å². The van der Waals surface area contributed by atoms with Crippen LogP contribution in [0.4, 0.5) is 0 Å². The Labute approximate surface area is 150 Å². The Balaban J connectivity index is 1.93. The molecule has 0 radical (unpaired) electrons. The molecule has 0 amide bonds. The van der Waals surface area contributed by atoms with Gasteiger partial charge < -0.3 is 0 Å². The van der Waals surface area contributed by atoms with E-state index in [1.165, 1.54) is 10.8 Å². The van der Waals surface area contributed by atoms with Crippen LogP contribution in [-0.4, -0.2) is 11.9 Å². The zero-order valence-corrected chi connectivity index (χ0v) is 13.9. The van der Waals surface area contributed by atoms with Crippen molar-refractivity contribution in [2.24, 2.45) is 0 Å². The van der Waals surface area contributed by atoms with Gasteiger partial charge in [-0.15, -0.1) is 0 Å². The van der Waals surface area contributed by atoms with Gasteiger partial charge in [0.15, 0.2) is 0 Å². The van der Waals surface area contributed by atoms with E-state index in [0.717, 1.165) is 27.5 Å². The van der Waals surface area contributed by atoms with E-state index in [1.807, 2.05) is 30.3 Å². The molecule has 4 aromatic carbocycles. The average molecular weight is 335 g/mol. The van der Waals surface area contributed by atoms with E-state index in [9.17, 15) is 4.70 Å². The van der Waals surface area contributed by atoms with Gasteiger partial charge in [-0.25, -0.2) is 0 Å². The summed E-state index contributed by atoms with van der Waals surface area (Å²) in [5.41, 5.74) is 3.35. The standard InChI is InChI=1S/C22H14BNO2/c25-23-26-16-12-13-22-19(14-16)18-9-3-4-10-21(18)24(22)20-11-5-7-15-6-1-2-8-17(15)20/h1-14H. The number of para-hydroxylation sites is 1. The molecule has 5 aromatic rings. The van der Waals surface area contributed by atoms with Crippen LogP contribution >= 0.6 is 0 Å². The molecule has 1 heterocycles. The molecule has 1 aromatic heterocycles. The molecular weight excluding hydrogens is 321 g/mol. The summed E-state index contributed by atoms with van der Waals surface area (Å²) in [6.07, 6.45) is 0. The third kappa shape index (κ3) is 2.16. The van der Waals surface area contributed by atoms with Gasteiger partial charge in [-0.05, 0) is 0 Å². The fraction of sp³-hybridized carbons (Fsp3) is 0. The number of hydrogen-bond acceptors (Lipinski definition) is 2. The van der Waals surface area contributed by atoms with E-state index in [-0.39, 0.29) is 0 Å². The molecule has 0 bridgehead atoms. The van der Waals surface area contributed by atoms with Crippen LogP contribution in [-0.2, 0) is 4.70 Å². The molecule has 4 heteroatoms. The quantitative estimate of drug-likeness (QED) is 0.420. The zero-order valence-electron chi connectivity index (χ0n) is 13.9. The van der Waals surface area contributed by atoms with Gasteiger partial charge in [-0.2, -0.15) is 0 Å². The van der Waals surface area contributed by atoms with E-state index in [1.54, 1.807) is 0 Å². The summed E-state index contributed by atoms with van der Waals surface area (Å²) < 4.78 is 18.1. The van der Waals surface area contributed by atoms with Gasteiger partial charge >= 0.3 is 150 Å². The van der Waals surface area contributed by atoms with Crippen LogP contribution in [0.2, 0.25) is 0 Å². The minimum absolute atomic E-state index is 0.463. The van der Waals surface area contributed by atoms with Crippen molar-refractivity contribution >= 4 is 39.9 Å². The third-order valence-corrected chi connectivity index (χ3v) is 4.84. The van der Waals surface area contributed by atoms with Gasteiger partial charge in [-0.1, -0.05) is 0 Å². The van der Waals surface area contributed by atoms with Crippen molar-refractivity contribution in [3.63, 3.8) is 0 Å². The van der Waals surface area contributed by atoms with Crippen molar-refractivity contribution in [1.82, 2.24) is 4.57 Å². The summed E-state index contributed by atoms with van der Waals surface area (Å²) in [5.74, 6) is 0.549. The van der Waals surface area contributed by atoms with Gasteiger partial charge in [-0.3, -0.25) is 0 Å². The molecule has 0 spiro atoms. The van der Waals surface area contributed by atoms with Crippen molar-refractivity contribution < 1.29 is 9.36 Å². The second kappa shape index (κ2) is 5.85. The van der Waals surface area contributed by atoms with Gasteiger partial charge in [0, 0.05) is 0 Å². The van der Waals surface area contributed by atoms with E-state index < -0.39 is 0 Å². The number of rotatable bonds is 3. The number of hydrogen-bond donors (Lipinski definition) is 0. The molecule has 0 aliphatic carbocycles. The summed E-state index contributed by atoms with van der Waals surface area (Å²) in [4.78, 5) is 0. The summed E-state index contributed by atoms with van der Waals surface area (Å²) in [6, 6.07) is 28.8. The predicted molar refractivity (Wildman–Crippen MR) is 105 cm³/mol. The van der Waals surface area contributed by atoms with E-state index >= 15 is 0 Å².